The van der Waals surface area contributed by atoms with Gasteiger partial charge in [0, 0.05) is 47.0 Å². The Morgan fingerprint density at radius 2 is 1.83 bits per heavy atom. The second-order valence-corrected chi connectivity index (χ2v) is 8.03. The van der Waals surface area contributed by atoms with Crippen molar-refractivity contribution in [3.63, 3.8) is 0 Å². The number of halogens is 2. The summed E-state index contributed by atoms with van der Waals surface area (Å²) in [5.74, 6) is 0.0208. The number of anilines is 1. The van der Waals surface area contributed by atoms with Crippen LogP contribution in [0.2, 0.25) is 0 Å². The highest BCUT2D eigenvalue weighted by atomic mass is 19.1. The Bertz CT molecular complexity index is 1050. The Labute approximate surface area is 168 Å². The van der Waals surface area contributed by atoms with E-state index in [1.54, 1.807) is 18.2 Å². The fourth-order valence-electron chi connectivity index (χ4n) is 4.50. The summed E-state index contributed by atoms with van der Waals surface area (Å²) in [6.07, 6.45) is 6.96. The van der Waals surface area contributed by atoms with Crippen LogP contribution in [0, 0.1) is 17.6 Å². The maximum atomic E-state index is 13.5. The number of fused-ring (bicyclic) bond motifs is 2. The molecule has 2 N–H and O–H groups in total. The quantitative estimate of drug-likeness (QED) is 0.681. The summed E-state index contributed by atoms with van der Waals surface area (Å²) in [5, 5.41) is 4.51. The summed E-state index contributed by atoms with van der Waals surface area (Å²) in [7, 11) is 0. The average molecular weight is 394 g/mol. The van der Waals surface area contributed by atoms with Gasteiger partial charge in [0.25, 0.3) is 0 Å². The molecular formula is C23H24F2N4. The van der Waals surface area contributed by atoms with Gasteiger partial charge in [-0.05, 0) is 74.3 Å². The molecule has 0 spiro atoms. The molecule has 1 unspecified atom stereocenters. The number of nitrogens with one attached hydrogen (secondary N) is 2. The van der Waals surface area contributed by atoms with Crippen LogP contribution in [0.25, 0.3) is 10.9 Å². The number of nitrogens with zero attached hydrogens (tertiary/aromatic N) is 2. The van der Waals surface area contributed by atoms with Crippen LogP contribution in [-0.4, -0.2) is 41.9 Å². The number of aromatic amines is 1. The Kier molecular flexibility index (Phi) is 4.79. The summed E-state index contributed by atoms with van der Waals surface area (Å²) in [5.41, 5.74) is 3.87. The molecule has 4 nitrogen and oxygen atoms in total. The predicted molar refractivity (Wildman–Crippen MR) is 113 cm³/mol. The van der Waals surface area contributed by atoms with Crippen LogP contribution in [0.4, 0.5) is 14.5 Å². The van der Waals surface area contributed by atoms with E-state index in [0.717, 1.165) is 61.1 Å². The molecule has 0 aliphatic carbocycles. The zero-order chi connectivity index (χ0) is 19.8. The highest BCUT2D eigenvalue weighted by molar-refractivity contribution is 5.89. The minimum absolute atomic E-state index is 0.0231. The van der Waals surface area contributed by atoms with Crippen molar-refractivity contribution < 1.29 is 8.78 Å². The lowest BCUT2D eigenvalue weighted by Crippen LogP contribution is -2.41. The van der Waals surface area contributed by atoms with Gasteiger partial charge in [-0.3, -0.25) is 4.99 Å². The van der Waals surface area contributed by atoms with E-state index in [9.17, 15) is 8.78 Å². The lowest BCUT2D eigenvalue weighted by Gasteiger charge is -2.36. The highest BCUT2D eigenvalue weighted by Crippen LogP contribution is 2.29. The molecule has 2 aliphatic heterocycles. The van der Waals surface area contributed by atoms with Crippen molar-refractivity contribution in [2.45, 2.75) is 25.4 Å². The van der Waals surface area contributed by atoms with Crippen LogP contribution in [-0.2, 0) is 6.42 Å². The fraction of sp³-hybridized carbons (Fsp3) is 0.348. The normalized spacial score (nSPS) is 20.0. The average Bonchev–Trinajstić information content (AvgIpc) is 3.14. The highest BCUT2D eigenvalue weighted by Gasteiger charge is 2.28. The van der Waals surface area contributed by atoms with Crippen LogP contribution in [0.3, 0.4) is 0 Å². The SMILES string of the molecule is Fc1ccc2c(c1)NC(C1CCN(CCc3c[nH]c4cc(F)ccc34)CC1)N=C2. The van der Waals surface area contributed by atoms with Crippen molar-refractivity contribution in [3.05, 3.63) is 65.4 Å². The number of H-pyrrole nitrogens is 1. The van der Waals surface area contributed by atoms with E-state index in [-0.39, 0.29) is 17.8 Å². The Morgan fingerprint density at radius 3 is 2.69 bits per heavy atom. The van der Waals surface area contributed by atoms with Crippen LogP contribution < -0.4 is 5.32 Å². The smallest absolute Gasteiger partial charge is 0.125 e. The summed E-state index contributed by atoms with van der Waals surface area (Å²) in [6, 6.07) is 9.71. The number of hydrogen-bond acceptors (Lipinski definition) is 3. The molecule has 2 aliphatic rings. The summed E-state index contributed by atoms with van der Waals surface area (Å²) in [6.45, 7) is 3.06. The lowest BCUT2D eigenvalue weighted by molar-refractivity contribution is 0.176. The second-order valence-electron chi connectivity index (χ2n) is 8.03. The van der Waals surface area contributed by atoms with Gasteiger partial charge in [0.2, 0.25) is 0 Å². The fourth-order valence-corrected chi connectivity index (χ4v) is 4.50. The number of aromatic nitrogens is 1. The molecule has 1 atom stereocenters. The first kappa shape index (κ1) is 18.3. The van der Waals surface area contributed by atoms with Crippen LogP contribution in [0.15, 0.2) is 47.6 Å². The van der Waals surface area contributed by atoms with E-state index in [1.165, 1.54) is 17.7 Å². The van der Waals surface area contributed by atoms with E-state index in [4.69, 9.17) is 0 Å². The molecule has 1 saturated heterocycles. The summed E-state index contributed by atoms with van der Waals surface area (Å²) in [4.78, 5) is 10.3. The van der Waals surface area contributed by atoms with E-state index >= 15 is 0 Å². The molecule has 6 heteroatoms. The first-order valence-corrected chi connectivity index (χ1v) is 10.2. The first-order valence-electron chi connectivity index (χ1n) is 10.2. The van der Waals surface area contributed by atoms with Crippen molar-refractivity contribution in [2.75, 3.05) is 25.0 Å². The van der Waals surface area contributed by atoms with Crippen LogP contribution in [0.5, 0.6) is 0 Å². The maximum Gasteiger partial charge on any atom is 0.125 e. The zero-order valence-corrected chi connectivity index (χ0v) is 16.2. The molecule has 0 radical (unpaired) electrons. The number of piperidine rings is 1. The monoisotopic (exact) mass is 394 g/mol. The Morgan fingerprint density at radius 1 is 1.03 bits per heavy atom. The van der Waals surface area contributed by atoms with Gasteiger partial charge in [-0.25, -0.2) is 8.78 Å². The predicted octanol–water partition coefficient (Wildman–Crippen LogP) is 4.57. The van der Waals surface area contributed by atoms with Gasteiger partial charge in [0.15, 0.2) is 0 Å². The molecule has 3 aromatic rings. The molecule has 1 aromatic heterocycles. The van der Waals surface area contributed by atoms with Crippen molar-refractivity contribution in [1.29, 1.82) is 0 Å². The minimum Gasteiger partial charge on any atom is -0.363 e. The molecule has 3 heterocycles. The molecule has 2 aromatic carbocycles. The lowest BCUT2D eigenvalue weighted by atomic mass is 9.92. The molecule has 0 amide bonds. The zero-order valence-electron chi connectivity index (χ0n) is 16.2. The second kappa shape index (κ2) is 7.59. The molecule has 5 rings (SSSR count). The number of rotatable bonds is 4. The molecule has 29 heavy (non-hydrogen) atoms. The molecule has 0 saturated carbocycles. The topological polar surface area (TPSA) is 43.4 Å². The van der Waals surface area contributed by atoms with Crippen molar-refractivity contribution in [2.24, 2.45) is 10.9 Å². The van der Waals surface area contributed by atoms with Gasteiger partial charge in [-0.15, -0.1) is 0 Å². The molecular weight excluding hydrogens is 370 g/mol. The van der Waals surface area contributed by atoms with Crippen molar-refractivity contribution in [1.82, 2.24) is 9.88 Å². The standard InChI is InChI=1S/C23H24F2N4/c24-18-2-1-17-14-27-23(28-21(17)11-18)15-5-8-29(9-6-15)10-7-16-13-26-22-12-19(25)3-4-20(16)22/h1-4,11-15,23,26,28H,5-10H2. The van der Waals surface area contributed by atoms with Gasteiger partial charge in [-0.1, -0.05) is 0 Å². The summed E-state index contributed by atoms with van der Waals surface area (Å²) < 4.78 is 26.9. The van der Waals surface area contributed by atoms with Crippen LogP contribution >= 0.6 is 0 Å². The number of benzene rings is 2. The third-order valence-corrected chi connectivity index (χ3v) is 6.20. The van der Waals surface area contributed by atoms with Gasteiger partial charge in [-0.2, -0.15) is 0 Å². The number of likely N-dealkylation sites (tertiary alicyclic amines) is 1. The van der Waals surface area contributed by atoms with E-state index in [1.807, 2.05) is 18.5 Å². The molecule has 1 fully saturated rings. The third-order valence-electron chi connectivity index (χ3n) is 6.20. The Hall–Kier alpha value is -2.73. The van der Waals surface area contributed by atoms with Crippen LogP contribution in [0.1, 0.15) is 24.0 Å². The molecule has 150 valence electrons. The van der Waals surface area contributed by atoms with Gasteiger partial charge in [0.1, 0.15) is 17.8 Å². The van der Waals surface area contributed by atoms with E-state index in [2.05, 4.69) is 20.2 Å². The summed E-state index contributed by atoms with van der Waals surface area (Å²) >= 11 is 0. The van der Waals surface area contributed by atoms with E-state index in [0.29, 0.717) is 5.92 Å². The third kappa shape index (κ3) is 3.77. The minimum atomic E-state index is -0.222. The number of hydrogen-bond donors (Lipinski definition) is 2. The first-order chi connectivity index (χ1) is 14.2. The number of aliphatic imine (C=N–C) groups is 1. The van der Waals surface area contributed by atoms with Gasteiger partial charge < -0.3 is 15.2 Å². The largest absolute Gasteiger partial charge is 0.363 e. The maximum absolute atomic E-state index is 13.5. The van der Waals surface area contributed by atoms with Gasteiger partial charge >= 0.3 is 0 Å². The molecule has 0 bridgehead atoms. The van der Waals surface area contributed by atoms with Crippen molar-refractivity contribution >= 4 is 22.8 Å². The van der Waals surface area contributed by atoms with Gasteiger partial charge in [0.05, 0.1) is 0 Å². The van der Waals surface area contributed by atoms with Crippen molar-refractivity contribution in [3.8, 4) is 0 Å². The van der Waals surface area contributed by atoms with E-state index < -0.39 is 0 Å². The Balaban J connectivity index is 1.16.